The molecule has 0 aromatic carbocycles. The molecule has 0 aliphatic carbocycles. The molecule has 0 heterocycles. The maximum Gasteiger partial charge on any atom is 0.222 e. The Morgan fingerprint density at radius 1 is 1.05 bits per heavy atom. The second kappa shape index (κ2) is 11.4. The van der Waals surface area contributed by atoms with Crippen molar-refractivity contribution in [2.75, 3.05) is 33.2 Å². The zero-order valence-corrected chi connectivity index (χ0v) is 14.7. The molecular weight excluding hydrogens is 282 g/mol. The summed E-state index contributed by atoms with van der Waals surface area (Å²) >= 11 is 0. The zero-order chi connectivity index (χ0) is 17.1. The molecule has 0 saturated heterocycles. The van der Waals surface area contributed by atoms with E-state index in [1.54, 1.807) is 6.92 Å². The van der Waals surface area contributed by atoms with Crippen molar-refractivity contribution >= 4 is 11.8 Å². The van der Waals surface area contributed by atoms with Gasteiger partial charge in [0.05, 0.1) is 6.10 Å². The van der Waals surface area contributed by atoms with Crippen LogP contribution in [0, 0.1) is 11.8 Å². The summed E-state index contributed by atoms with van der Waals surface area (Å²) in [6.45, 7) is 9.97. The average molecular weight is 315 g/mol. The Kier molecular flexibility index (Phi) is 10.8. The lowest BCUT2D eigenvalue weighted by atomic mass is 10.0. The lowest BCUT2D eigenvalue weighted by Gasteiger charge is -2.19. The molecule has 0 spiro atoms. The smallest absolute Gasteiger partial charge is 0.222 e. The van der Waals surface area contributed by atoms with E-state index in [1.807, 2.05) is 27.8 Å². The van der Waals surface area contributed by atoms with Gasteiger partial charge in [0.25, 0.3) is 0 Å². The molecule has 0 radical (unpaired) electrons. The quantitative estimate of drug-likeness (QED) is 0.522. The summed E-state index contributed by atoms with van der Waals surface area (Å²) in [6, 6.07) is 0. The summed E-state index contributed by atoms with van der Waals surface area (Å²) in [6.07, 6.45) is 1.23. The number of nitrogens with one attached hydrogen (secondary N) is 2. The Labute approximate surface area is 134 Å². The maximum absolute atomic E-state index is 11.8. The standard InChI is InChI=1S/C16H33N3O3/c1-12(2)15(21)17-8-10-19(5)9-6-7-13(3)16(22)18-11-14(4)20/h12-14,20H,6-11H2,1-5H3,(H,17,21)(H,18,22). The first-order valence-electron chi connectivity index (χ1n) is 8.16. The highest BCUT2D eigenvalue weighted by molar-refractivity contribution is 5.78. The fourth-order valence-electron chi connectivity index (χ4n) is 1.91. The molecular formula is C16H33N3O3. The molecule has 6 nitrogen and oxygen atoms in total. The summed E-state index contributed by atoms with van der Waals surface area (Å²) in [7, 11) is 2.01. The molecule has 0 aromatic heterocycles. The van der Waals surface area contributed by atoms with Crippen LogP contribution in [0.2, 0.25) is 0 Å². The second-order valence-electron chi connectivity index (χ2n) is 6.39. The normalized spacial score (nSPS) is 14.0. The van der Waals surface area contributed by atoms with Crippen LogP contribution in [0.3, 0.4) is 0 Å². The van der Waals surface area contributed by atoms with Gasteiger partial charge in [0.15, 0.2) is 0 Å². The highest BCUT2D eigenvalue weighted by Gasteiger charge is 2.13. The van der Waals surface area contributed by atoms with Crippen LogP contribution in [0.5, 0.6) is 0 Å². The summed E-state index contributed by atoms with van der Waals surface area (Å²) < 4.78 is 0. The first kappa shape index (κ1) is 20.9. The number of nitrogens with zero attached hydrogens (tertiary/aromatic N) is 1. The van der Waals surface area contributed by atoms with Crippen LogP contribution in [-0.2, 0) is 9.59 Å². The minimum Gasteiger partial charge on any atom is -0.392 e. The van der Waals surface area contributed by atoms with Crippen LogP contribution in [0.1, 0.15) is 40.5 Å². The number of hydrogen-bond donors (Lipinski definition) is 3. The number of amides is 2. The molecule has 0 fully saturated rings. The molecule has 0 rings (SSSR count). The molecule has 6 heteroatoms. The molecule has 3 N–H and O–H groups in total. The fourth-order valence-corrected chi connectivity index (χ4v) is 1.91. The van der Waals surface area contributed by atoms with Crippen molar-refractivity contribution < 1.29 is 14.7 Å². The van der Waals surface area contributed by atoms with Gasteiger partial charge in [0.2, 0.25) is 11.8 Å². The molecule has 0 aliphatic rings. The Bertz CT molecular complexity index is 333. The van der Waals surface area contributed by atoms with Crippen molar-refractivity contribution in [3.63, 3.8) is 0 Å². The van der Waals surface area contributed by atoms with E-state index in [2.05, 4.69) is 15.5 Å². The fraction of sp³-hybridized carbons (Fsp3) is 0.875. The Morgan fingerprint density at radius 3 is 2.23 bits per heavy atom. The third-order valence-electron chi connectivity index (χ3n) is 3.51. The minimum atomic E-state index is -0.511. The van der Waals surface area contributed by atoms with Crippen LogP contribution < -0.4 is 10.6 Å². The molecule has 0 saturated carbocycles. The molecule has 2 unspecified atom stereocenters. The summed E-state index contributed by atoms with van der Waals surface area (Å²) in [4.78, 5) is 25.3. The van der Waals surface area contributed by atoms with Gasteiger partial charge in [0.1, 0.15) is 0 Å². The van der Waals surface area contributed by atoms with Crippen molar-refractivity contribution in [3.8, 4) is 0 Å². The van der Waals surface area contributed by atoms with Gasteiger partial charge in [-0.05, 0) is 33.4 Å². The van der Waals surface area contributed by atoms with Crippen LogP contribution in [-0.4, -0.2) is 61.2 Å². The number of hydrogen-bond acceptors (Lipinski definition) is 4. The molecule has 2 amide bonds. The van der Waals surface area contributed by atoms with E-state index in [0.29, 0.717) is 13.1 Å². The maximum atomic E-state index is 11.8. The molecule has 22 heavy (non-hydrogen) atoms. The first-order valence-corrected chi connectivity index (χ1v) is 8.16. The first-order chi connectivity index (χ1) is 10.2. The van der Waals surface area contributed by atoms with Gasteiger partial charge in [-0.2, -0.15) is 0 Å². The van der Waals surface area contributed by atoms with E-state index in [4.69, 9.17) is 5.11 Å². The lowest BCUT2D eigenvalue weighted by Crippen LogP contribution is -2.36. The van der Waals surface area contributed by atoms with Crippen LogP contribution in [0.15, 0.2) is 0 Å². The van der Waals surface area contributed by atoms with Gasteiger partial charge in [-0.25, -0.2) is 0 Å². The molecule has 0 bridgehead atoms. The van der Waals surface area contributed by atoms with Crippen molar-refractivity contribution in [2.24, 2.45) is 11.8 Å². The van der Waals surface area contributed by atoms with E-state index in [-0.39, 0.29) is 23.7 Å². The number of aliphatic hydroxyl groups excluding tert-OH is 1. The Hall–Kier alpha value is -1.14. The summed E-state index contributed by atoms with van der Waals surface area (Å²) in [5.74, 6) is 0.0451. The van der Waals surface area contributed by atoms with E-state index >= 15 is 0 Å². The Balaban J connectivity index is 3.72. The van der Waals surface area contributed by atoms with Gasteiger partial charge >= 0.3 is 0 Å². The van der Waals surface area contributed by atoms with E-state index in [1.165, 1.54) is 0 Å². The topological polar surface area (TPSA) is 81.7 Å². The largest absolute Gasteiger partial charge is 0.392 e. The monoisotopic (exact) mass is 315 g/mol. The summed E-state index contributed by atoms with van der Waals surface area (Å²) in [5, 5.41) is 14.8. The van der Waals surface area contributed by atoms with E-state index in [9.17, 15) is 9.59 Å². The van der Waals surface area contributed by atoms with Gasteiger partial charge in [-0.3, -0.25) is 9.59 Å². The van der Waals surface area contributed by atoms with Crippen molar-refractivity contribution in [2.45, 2.75) is 46.6 Å². The number of aliphatic hydroxyl groups is 1. The summed E-state index contributed by atoms with van der Waals surface area (Å²) in [5.41, 5.74) is 0. The van der Waals surface area contributed by atoms with Gasteiger partial charge < -0.3 is 20.6 Å². The van der Waals surface area contributed by atoms with Crippen molar-refractivity contribution in [3.05, 3.63) is 0 Å². The number of carbonyl (C=O) groups excluding carboxylic acids is 2. The van der Waals surface area contributed by atoms with Crippen LogP contribution in [0.4, 0.5) is 0 Å². The van der Waals surface area contributed by atoms with E-state index in [0.717, 1.165) is 25.9 Å². The third-order valence-corrected chi connectivity index (χ3v) is 3.51. The minimum absolute atomic E-state index is 0.00671. The van der Waals surface area contributed by atoms with Gasteiger partial charge in [0, 0.05) is 31.5 Å². The van der Waals surface area contributed by atoms with Gasteiger partial charge in [-0.1, -0.05) is 20.8 Å². The van der Waals surface area contributed by atoms with E-state index < -0.39 is 6.10 Å². The van der Waals surface area contributed by atoms with Crippen LogP contribution >= 0.6 is 0 Å². The van der Waals surface area contributed by atoms with Crippen molar-refractivity contribution in [1.29, 1.82) is 0 Å². The van der Waals surface area contributed by atoms with Crippen molar-refractivity contribution in [1.82, 2.24) is 15.5 Å². The molecule has 0 aromatic rings. The average Bonchev–Trinajstić information content (AvgIpc) is 2.44. The molecule has 0 aliphatic heterocycles. The predicted molar refractivity (Wildman–Crippen MR) is 88.4 cm³/mol. The van der Waals surface area contributed by atoms with Gasteiger partial charge in [-0.15, -0.1) is 0 Å². The third kappa shape index (κ3) is 10.6. The lowest BCUT2D eigenvalue weighted by molar-refractivity contribution is -0.125. The molecule has 130 valence electrons. The number of carbonyl (C=O) groups is 2. The highest BCUT2D eigenvalue weighted by Crippen LogP contribution is 2.06. The zero-order valence-electron chi connectivity index (χ0n) is 14.7. The number of likely N-dealkylation sites (N-methyl/N-ethyl adjacent to an activating group) is 1. The SMILES string of the molecule is CC(O)CNC(=O)C(C)CCCN(C)CCNC(=O)C(C)C. The predicted octanol–water partition coefficient (Wildman–Crippen LogP) is 0.604. The van der Waals surface area contributed by atoms with Crippen LogP contribution in [0.25, 0.3) is 0 Å². The molecule has 2 atom stereocenters. The Morgan fingerprint density at radius 2 is 1.68 bits per heavy atom. The number of rotatable bonds is 11. The second-order valence-corrected chi connectivity index (χ2v) is 6.39. The highest BCUT2D eigenvalue weighted by atomic mass is 16.3.